The van der Waals surface area contributed by atoms with E-state index >= 15 is 0 Å². The maximum atomic E-state index is 5.61. The van der Waals surface area contributed by atoms with Gasteiger partial charge in [-0.05, 0) is 43.7 Å². The standard InChI is InChI=1S/C16H21NO3/c1-3-18-15-8-7-13(10-16(15)19-4-2)11-17-12-14-6-5-9-20-14/h5-10,17H,3-4,11-12H2,1-2H3. The Hall–Kier alpha value is -1.94. The number of benzene rings is 1. The van der Waals surface area contributed by atoms with E-state index in [1.807, 2.05) is 44.2 Å². The van der Waals surface area contributed by atoms with Crippen LogP contribution >= 0.6 is 0 Å². The zero-order valence-electron chi connectivity index (χ0n) is 12.0. The fourth-order valence-corrected chi connectivity index (χ4v) is 1.95. The quantitative estimate of drug-likeness (QED) is 0.802. The molecule has 0 radical (unpaired) electrons. The molecule has 0 amide bonds. The third-order valence-corrected chi connectivity index (χ3v) is 2.82. The Labute approximate surface area is 119 Å². The van der Waals surface area contributed by atoms with E-state index in [9.17, 15) is 0 Å². The van der Waals surface area contributed by atoms with E-state index in [1.165, 1.54) is 0 Å². The van der Waals surface area contributed by atoms with Gasteiger partial charge in [-0.25, -0.2) is 0 Å². The minimum Gasteiger partial charge on any atom is -0.490 e. The minimum atomic E-state index is 0.628. The molecule has 0 unspecified atom stereocenters. The van der Waals surface area contributed by atoms with Crippen LogP contribution in [0.15, 0.2) is 41.0 Å². The van der Waals surface area contributed by atoms with Gasteiger partial charge in [-0.2, -0.15) is 0 Å². The topological polar surface area (TPSA) is 43.6 Å². The second-order valence-electron chi connectivity index (χ2n) is 4.33. The molecule has 1 N–H and O–H groups in total. The maximum Gasteiger partial charge on any atom is 0.161 e. The van der Waals surface area contributed by atoms with Crippen LogP contribution in [0.1, 0.15) is 25.2 Å². The van der Waals surface area contributed by atoms with Gasteiger partial charge < -0.3 is 19.2 Å². The first-order chi connectivity index (χ1) is 9.83. The van der Waals surface area contributed by atoms with Crippen molar-refractivity contribution >= 4 is 0 Å². The number of ether oxygens (including phenoxy) is 2. The molecule has 2 aromatic rings. The van der Waals surface area contributed by atoms with Crippen LogP contribution in [0.5, 0.6) is 11.5 Å². The molecule has 2 rings (SSSR count). The predicted octanol–water partition coefficient (Wildman–Crippen LogP) is 3.37. The molecular weight excluding hydrogens is 254 g/mol. The summed E-state index contributed by atoms with van der Waals surface area (Å²) in [6.07, 6.45) is 1.68. The lowest BCUT2D eigenvalue weighted by Crippen LogP contribution is -2.12. The lowest BCUT2D eigenvalue weighted by molar-refractivity contribution is 0.287. The first-order valence-electron chi connectivity index (χ1n) is 6.95. The van der Waals surface area contributed by atoms with Crippen molar-refractivity contribution in [1.82, 2.24) is 5.32 Å². The lowest BCUT2D eigenvalue weighted by atomic mass is 10.2. The normalized spacial score (nSPS) is 10.5. The van der Waals surface area contributed by atoms with Crippen molar-refractivity contribution in [1.29, 1.82) is 0 Å². The average molecular weight is 275 g/mol. The summed E-state index contributed by atoms with van der Waals surface area (Å²) < 4.78 is 16.4. The first-order valence-corrected chi connectivity index (χ1v) is 6.95. The van der Waals surface area contributed by atoms with Gasteiger partial charge in [0.15, 0.2) is 11.5 Å². The largest absolute Gasteiger partial charge is 0.490 e. The molecule has 0 bridgehead atoms. The molecule has 0 aliphatic heterocycles. The summed E-state index contributed by atoms with van der Waals surface area (Å²) in [4.78, 5) is 0. The Morgan fingerprint density at radius 3 is 2.50 bits per heavy atom. The van der Waals surface area contributed by atoms with Gasteiger partial charge in [0.1, 0.15) is 5.76 Å². The van der Waals surface area contributed by atoms with E-state index in [0.29, 0.717) is 19.8 Å². The number of furan rings is 1. The molecule has 4 heteroatoms. The Bertz CT molecular complexity index is 508. The van der Waals surface area contributed by atoms with E-state index in [0.717, 1.165) is 29.4 Å². The predicted molar refractivity (Wildman–Crippen MR) is 78.0 cm³/mol. The lowest BCUT2D eigenvalue weighted by Gasteiger charge is -2.12. The summed E-state index contributed by atoms with van der Waals surface area (Å²) in [7, 11) is 0. The van der Waals surface area contributed by atoms with Crippen LogP contribution in [0, 0.1) is 0 Å². The maximum absolute atomic E-state index is 5.61. The highest BCUT2D eigenvalue weighted by Gasteiger charge is 2.06. The van der Waals surface area contributed by atoms with Gasteiger partial charge in [0.2, 0.25) is 0 Å². The first kappa shape index (κ1) is 14.5. The monoisotopic (exact) mass is 275 g/mol. The summed E-state index contributed by atoms with van der Waals surface area (Å²) in [5, 5.41) is 3.33. The molecule has 0 atom stereocenters. The van der Waals surface area contributed by atoms with Crippen molar-refractivity contribution in [3.05, 3.63) is 47.9 Å². The molecule has 0 aliphatic rings. The summed E-state index contributed by atoms with van der Waals surface area (Å²) >= 11 is 0. The third-order valence-electron chi connectivity index (χ3n) is 2.82. The van der Waals surface area contributed by atoms with Gasteiger partial charge in [0, 0.05) is 6.54 Å². The number of nitrogens with one attached hydrogen (secondary N) is 1. The van der Waals surface area contributed by atoms with Gasteiger partial charge in [-0.3, -0.25) is 0 Å². The van der Waals surface area contributed by atoms with Gasteiger partial charge in [0.25, 0.3) is 0 Å². The molecule has 0 spiro atoms. The van der Waals surface area contributed by atoms with Crippen LogP contribution in [0.3, 0.4) is 0 Å². The van der Waals surface area contributed by atoms with Crippen molar-refractivity contribution in [2.24, 2.45) is 0 Å². The van der Waals surface area contributed by atoms with E-state index < -0.39 is 0 Å². The van der Waals surface area contributed by atoms with E-state index in [-0.39, 0.29) is 0 Å². The molecule has 0 aliphatic carbocycles. The Morgan fingerprint density at radius 2 is 1.80 bits per heavy atom. The van der Waals surface area contributed by atoms with E-state index in [1.54, 1.807) is 6.26 Å². The molecule has 1 aromatic carbocycles. The second-order valence-corrected chi connectivity index (χ2v) is 4.33. The van der Waals surface area contributed by atoms with Crippen LogP contribution in [0.4, 0.5) is 0 Å². The molecule has 20 heavy (non-hydrogen) atoms. The zero-order valence-corrected chi connectivity index (χ0v) is 12.0. The summed E-state index contributed by atoms with van der Waals surface area (Å²) in [6.45, 7) is 6.67. The Balaban J connectivity index is 1.95. The average Bonchev–Trinajstić information content (AvgIpc) is 2.95. The van der Waals surface area contributed by atoms with Crippen molar-refractivity contribution in [3.63, 3.8) is 0 Å². The van der Waals surface area contributed by atoms with Crippen molar-refractivity contribution < 1.29 is 13.9 Å². The Morgan fingerprint density at radius 1 is 1.00 bits per heavy atom. The molecule has 0 saturated heterocycles. The highest BCUT2D eigenvalue weighted by molar-refractivity contribution is 5.43. The van der Waals surface area contributed by atoms with Gasteiger partial charge >= 0.3 is 0 Å². The molecule has 4 nitrogen and oxygen atoms in total. The van der Waals surface area contributed by atoms with Crippen LogP contribution in [-0.4, -0.2) is 13.2 Å². The highest BCUT2D eigenvalue weighted by Crippen LogP contribution is 2.28. The fraction of sp³-hybridized carbons (Fsp3) is 0.375. The summed E-state index contributed by atoms with van der Waals surface area (Å²) in [5.41, 5.74) is 1.16. The molecule has 1 aromatic heterocycles. The molecule has 0 fully saturated rings. The smallest absolute Gasteiger partial charge is 0.161 e. The summed E-state index contributed by atoms with van der Waals surface area (Å²) in [6, 6.07) is 9.86. The van der Waals surface area contributed by atoms with Crippen molar-refractivity contribution in [2.75, 3.05) is 13.2 Å². The van der Waals surface area contributed by atoms with Crippen molar-refractivity contribution in [3.8, 4) is 11.5 Å². The van der Waals surface area contributed by atoms with Crippen LogP contribution in [0.25, 0.3) is 0 Å². The van der Waals surface area contributed by atoms with Crippen molar-refractivity contribution in [2.45, 2.75) is 26.9 Å². The SMILES string of the molecule is CCOc1ccc(CNCc2ccco2)cc1OCC. The van der Waals surface area contributed by atoms with E-state index in [4.69, 9.17) is 13.9 Å². The highest BCUT2D eigenvalue weighted by atomic mass is 16.5. The van der Waals surface area contributed by atoms with E-state index in [2.05, 4.69) is 5.32 Å². The van der Waals surface area contributed by atoms with Gasteiger partial charge in [0.05, 0.1) is 26.0 Å². The van der Waals surface area contributed by atoms with Crippen LogP contribution < -0.4 is 14.8 Å². The molecule has 0 saturated carbocycles. The molecule has 1 heterocycles. The third kappa shape index (κ3) is 4.03. The number of hydrogen-bond donors (Lipinski definition) is 1. The minimum absolute atomic E-state index is 0.628. The number of rotatable bonds is 8. The number of hydrogen-bond acceptors (Lipinski definition) is 4. The zero-order chi connectivity index (χ0) is 14.2. The Kier molecular flexibility index (Phi) is 5.50. The second kappa shape index (κ2) is 7.60. The van der Waals surface area contributed by atoms with Crippen LogP contribution in [0.2, 0.25) is 0 Å². The summed E-state index contributed by atoms with van der Waals surface area (Å²) in [5.74, 6) is 2.52. The van der Waals surface area contributed by atoms with Gasteiger partial charge in [-0.15, -0.1) is 0 Å². The fourth-order valence-electron chi connectivity index (χ4n) is 1.95. The van der Waals surface area contributed by atoms with Crippen LogP contribution in [-0.2, 0) is 13.1 Å². The molecular formula is C16H21NO3. The van der Waals surface area contributed by atoms with Gasteiger partial charge in [-0.1, -0.05) is 6.07 Å². The molecule has 108 valence electrons.